The van der Waals surface area contributed by atoms with E-state index in [-0.39, 0.29) is 11.2 Å². The highest BCUT2D eigenvalue weighted by molar-refractivity contribution is 8.00. The van der Waals surface area contributed by atoms with Crippen LogP contribution in [0, 0.1) is 6.92 Å². The van der Waals surface area contributed by atoms with E-state index >= 15 is 0 Å². The number of benzene rings is 2. The van der Waals surface area contributed by atoms with Gasteiger partial charge in [0.05, 0.1) is 5.25 Å². The topological polar surface area (TPSA) is 59.8 Å². The zero-order valence-electron chi connectivity index (χ0n) is 15.4. The lowest BCUT2D eigenvalue weighted by Crippen LogP contribution is -2.22. The number of amides is 1. The molecule has 0 spiro atoms. The third-order valence-electron chi connectivity index (χ3n) is 4.05. The quantitative estimate of drug-likeness (QED) is 0.588. The van der Waals surface area contributed by atoms with Gasteiger partial charge in [0, 0.05) is 22.8 Å². The van der Waals surface area contributed by atoms with Crippen LogP contribution in [-0.2, 0) is 11.3 Å². The molecular weight excluding hydrogens is 380 g/mol. The second-order valence-corrected chi connectivity index (χ2v) is 7.92. The van der Waals surface area contributed by atoms with Crippen LogP contribution in [0.4, 0.5) is 5.69 Å². The Morgan fingerprint density at radius 3 is 2.70 bits per heavy atom. The van der Waals surface area contributed by atoms with Crippen molar-refractivity contribution in [2.45, 2.75) is 37.7 Å². The molecule has 3 rings (SSSR count). The highest BCUT2D eigenvalue weighted by Crippen LogP contribution is 2.28. The Balaban J connectivity index is 1.76. The number of anilines is 1. The van der Waals surface area contributed by atoms with E-state index in [0.29, 0.717) is 10.7 Å². The number of nitrogens with zero attached hydrogens (tertiary/aromatic N) is 3. The maximum Gasteiger partial charge on any atom is 0.237 e. The lowest BCUT2D eigenvalue weighted by atomic mass is 10.1. The summed E-state index contributed by atoms with van der Waals surface area (Å²) in [6.45, 7) is 6.67. The van der Waals surface area contributed by atoms with Crippen molar-refractivity contribution in [1.82, 2.24) is 14.8 Å². The molecule has 0 bridgehead atoms. The van der Waals surface area contributed by atoms with Crippen LogP contribution in [0.2, 0.25) is 5.02 Å². The summed E-state index contributed by atoms with van der Waals surface area (Å²) in [7, 11) is 0. The van der Waals surface area contributed by atoms with E-state index < -0.39 is 0 Å². The van der Waals surface area contributed by atoms with Crippen LogP contribution >= 0.6 is 23.4 Å². The molecule has 0 fully saturated rings. The Morgan fingerprint density at radius 1 is 1.22 bits per heavy atom. The molecule has 0 aliphatic heterocycles. The first-order valence-corrected chi connectivity index (χ1v) is 9.97. The summed E-state index contributed by atoms with van der Waals surface area (Å²) in [6.07, 6.45) is 0. The third-order valence-corrected chi connectivity index (χ3v) is 5.37. The minimum absolute atomic E-state index is 0.106. The normalized spacial score (nSPS) is 12.0. The van der Waals surface area contributed by atoms with E-state index in [2.05, 4.69) is 21.6 Å². The Morgan fingerprint density at radius 2 is 2.00 bits per heavy atom. The molecule has 5 nitrogen and oxygen atoms in total. The summed E-state index contributed by atoms with van der Waals surface area (Å²) in [5.41, 5.74) is 2.87. The molecule has 3 aromatic rings. The SMILES string of the molecule is CCn1c(S[C@@H](C)C(=O)Nc2cccc(Cl)c2)nnc1-c1cccc(C)c1. The summed E-state index contributed by atoms with van der Waals surface area (Å²) in [6, 6.07) is 15.3. The van der Waals surface area contributed by atoms with Crippen molar-refractivity contribution in [2.24, 2.45) is 0 Å². The first-order valence-electron chi connectivity index (χ1n) is 8.71. The van der Waals surface area contributed by atoms with Crippen LogP contribution < -0.4 is 5.32 Å². The number of nitrogens with one attached hydrogen (secondary N) is 1. The van der Waals surface area contributed by atoms with Crippen LogP contribution in [0.1, 0.15) is 19.4 Å². The van der Waals surface area contributed by atoms with Gasteiger partial charge in [0.15, 0.2) is 11.0 Å². The molecule has 0 saturated heterocycles. The van der Waals surface area contributed by atoms with Gasteiger partial charge in [0.25, 0.3) is 0 Å². The number of carbonyl (C=O) groups excluding carboxylic acids is 1. The summed E-state index contributed by atoms with van der Waals surface area (Å²) < 4.78 is 2.03. The van der Waals surface area contributed by atoms with Crippen LogP contribution in [0.5, 0.6) is 0 Å². The summed E-state index contributed by atoms with van der Waals surface area (Å²) >= 11 is 7.36. The molecule has 0 radical (unpaired) electrons. The molecule has 1 heterocycles. The molecule has 1 aromatic heterocycles. The van der Waals surface area contributed by atoms with E-state index in [1.54, 1.807) is 18.2 Å². The van der Waals surface area contributed by atoms with Gasteiger partial charge in [-0.25, -0.2) is 0 Å². The third kappa shape index (κ3) is 4.70. The standard InChI is InChI=1S/C20H21ClN4OS/c1-4-25-18(15-8-5-7-13(2)11-15)23-24-20(25)27-14(3)19(26)22-17-10-6-9-16(21)12-17/h5-12,14H,4H2,1-3H3,(H,22,26)/t14-/m0/s1. The number of carbonyl (C=O) groups is 1. The molecule has 1 amide bonds. The Kier molecular flexibility index (Phi) is 6.19. The van der Waals surface area contributed by atoms with E-state index in [4.69, 9.17) is 11.6 Å². The maximum atomic E-state index is 12.5. The fraction of sp³-hybridized carbons (Fsp3) is 0.250. The van der Waals surface area contributed by atoms with E-state index in [9.17, 15) is 4.79 Å². The van der Waals surface area contributed by atoms with Gasteiger partial charge >= 0.3 is 0 Å². The summed E-state index contributed by atoms with van der Waals surface area (Å²) in [5.74, 6) is 0.705. The molecule has 0 aliphatic carbocycles. The summed E-state index contributed by atoms with van der Waals surface area (Å²) in [5, 5.41) is 12.5. The molecule has 1 N–H and O–H groups in total. The number of hydrogen-bond donors (Lipinski definition) is 1. The lowest BCUT2D eigenvalue weighted by Gasteiger charge is -2.13. The number of rotatable bonds is 6. The first kappa shape index (κ1) is 19.5. The van der Waals surface area contributed by atoms with Crippen molar-refractivity contribution < 1.29 is 4.79 Å². The van der Waals surface area contributed by atoms with Crippen molar-refractivity contribution in [3.05, 3.63) is 59.1 Å². The predicted octanol–water partition coefficient (Wildman–Crippen LogP) is 5.05. The highest BCUT2D eigenvalue weighted by Gasteiger charge is 2.20. The van der Waals surface area contributed by atoms with Gasteiger partial charge in [-0.15, -0.1) is 10.2 Å². The average molecular weight is 401 g/mol. The second-order valence-electron chi connectivity index (χ2n) is 6.18. The van der Waals surface area contributed by atoms with Gasteiger partial charge in [0.1, 0.15) is 0 Å². The monoisotopic (exact) mass is 400 g/mol. The smallest absolute Gasteiger partial charge is 0.237 e. The van der Waals surface area contributed by atoms with Crippen LogP contribution in [0.3, 0.4) is 0 Å². The predicted molar refractivity (Wildman–Crippen MR) is 111 cm³/mol. The van der Waals surface area contributed by atoms with Gasteiger partial charge in [-0.1, -0.05) is 53.2 Å². The van der Waals surface area contributed by atoms with Gasteiger partial charge in [-0.2, -0.15) is 0 Å². The van der Waals surface area contributed by atoms with E-state index in [1.165, 1.54) is 17.3 Å². The van der Waals surface area contributed by atoms with Crippen molar-refractivity contribution in [3.63, 3.8) is 0 Å². The number of hydrogen-bond acceptors (Lipinski definition) is 4. The number of thioether (sulfide) groups is 1. The van der Waals surface area contributed by atoms with E-state index in [1.807, 2.05) is 49.6 Å². The second kappa shape index (κ2) is 8.59. The van der Waals surface area contributed by atoms with Gasteiger partial charge in [-0.3, -0.25) is 4.79 Å². The first-order chi connectivity index (χ1) is 13.0. The van der Waals surface area contributed by atoms with Crippen molar-refractivity contribution >= 4 is 35.0 Å². The number of aromatic nitrogens is 3. The molecule has 140 valence electrons. The highest BCUT2D eigenvalue weighted by atomic mass is 35.5. The maximum absolute atomic E-state index is 12.5. The molecule has 2 aromatic carbocycles. The zero-order chi connectivity index (χ0) is 19.4. The Labute approximate surface area is 168 Å². The fourth-order valence-corrected chi connectivity index (χ4v) is 3.78. The Hall–Kier alpha value is -2.31. The number of aryl methyl sites for hydroxylation is 1. The van der Waals surface area contributed by atoms with Crippen LogP contribution in [0.25, 0.3) is 11.4 Å². The van der Waals surface area contributed by atoms with Crippen molar-refractivity contribution in [2.75, 3.05) is 5.32 Å². The minimum atomic E-state index is -0.330. The zero-order valence-corrected chi connectivity index (χ0v) is 17.0. The molecule has 0 aliphatic rings. The van der Waals surface area contributed by atoms with Gasteiger partial charge < -0.3 is 9.88 Å². The largest absolute Gasteiger partial charge is 0.325 e. The van der Waals surface area contributed by atoms with Gasteiger partial charge in [0.2, 0.25) is 5.91 Å². The van der Waals surface area contributed by atoms with Crippen LogP contribution in [0.15, 0.2) is 53.7 Å². The van der Waals surface area contributed by atoms with Gasteiger partial charge in [-0.05, 0) is 45.0 Å². The summed E-state index contributed by atoms with van der Waals surface area (Å²) in [4.78, 5) is 12.5. The molecular formula is C20H21ClN4OS. The molecule has 0 saturated carbocycles. The lowest BCUT2D eigenvalue weighted by molar-refractivity contribution is -0.115. The molecule has 7 heteroatoms. The number of halogens is 1. The molecule has 1 atom stereocenters. The van der Waals surface area contributed by atoms with Crippen molar-refractivity contribution in [1.29, 1.82) is 0 Å². The van der Waals surface area contributed by atoms with E-state index in [0.717, 1.165) is 23.1 Å². The minimum Gasteiger partial charge on any atom is -0.325 e. The fourth-order valence-electron chi connectivity index (χ4n) is 2.68. The van der Waals surface area contributed by atoms with Crippen molar-refractivity contribution in [3.8, 4) is 11.4 Å². The molecule has 0 unspecified atom stereocenters. The Bertz CT molecular complexity index is 957. The molecule has 27 heavy (non-hydrogen) atoms. The van der Waals surface area contributed by atoms with Crippen LogP contribution in [-0.4, -0.2) is 25.9 Å². The average Bonchev–Trinajstić information content (AvgIpc) is 3.04.